The summed E-state index contributed by atoms with van der Waals surface area (Å²) in [6.07, 6.45) is 1.60. The molecular formula is C16H16BrN3O2S. The Bertz CT molecular complexity index is 679. The Morgan fingerprint density at radius 3 is 2.65 bits per heavy atom. The highest BCUT2D eigenvalue weighted by atomic mass is 79.9. The van der Waals surface area contributed by atoms with Crippen molar-refractivity contribution in [2.45, 2.75) is 22.8 Å². The number of halogens is 1. The Morgan fingerprint density at radius 1 is 1.22 bits per heavy atom. The first-order chi connectivity index (χ1) is 11.1. The summed E-state index contributed by atoms with van der Waals surface area (Å²) in [6, 6.07) is 11.9. The summed E-state index contributed by atoms with van der Waals surface area (Å²) in [5, 5.41) is 18.5. The molecule has 1 fully saturated rings. The maximum absolute atomic E-state index is 11.1. The van der Waals surface area contributed by atoms with Crippen molar-refractivity contribution in [2.75, 3.05) is 18.0 Å². The lowest BCUT2D eigenvalue weighted by Crippen LogP contribution is -2.39. The fraction of sp³-hybridized carbons (Fsp3) is 0.312. The zero-order valence-electron chi connectivity index (χ0n) is 12.4. The molecule has 7 heteroatoms. The fourth-order valence-electron chi connectivity index (χ4n) is 2.55. The first kappa shape index (κ1) is 16.3. The van der Waals surface area contributed by atoms with E-state index in [1.807, 2.05) is 41.3 Å². The zero-order chi connectivity index (χ0) is 16.2. The number of hydrogen-bond acceptors (Lipinski definition) is 5. The number of hydrogen-bond donors (Lipinski definition) is 1. The van der Waals surface area contributed by atoms with Crippen LogP contribution in [0.25, 0.3) is 0 Å². The third-order valence-corrected chi connectivity index (χ3v) is 5.22. The number of nitrogens with zero attached hydrogens (tertiary/aromatic N) is 3. The lowest BCUT2D eigenvalue weighted by molar-refractivity contribution is -0.141. The molecule has 1 aliphatic rings. The summed E-state index contributed by atoms with van der Waals surface area (Å²) in [4.78, 5) is 14.2. The maximum Gasteiger partial charge on any atom is 0.308 e. The van der Waals surface area contributed by atoms with E-state index in [0.29, 0.717) is 6.54 Å². The summed E-state index contributed by atoms with van der Waals surface area (Å²) in [6.45, 7) is 1.33. The summed E-state index contributed by atoms with van der Waals surface area (Å²) in [7, 11) is 0. The Kier molecular flexibility index (Phi) is 5.17. The first-order valence-electron chi connectivity index (χ1n) is 7.37. The second-order valence-corrected chi connectivity index (χ2v) is 7.42. The number of carboxylic acids is 1. The average Bonchev–Trinajstić information content (AvgIpc) is 2.58. The molecule has 0 aliphatic carbocycles. The zero-order valence-corrected chi connectivity index (χ0v) is 14.8. The largest absolute Gasteiger partial charge is 0.481 e. The molecule has 0 radical (unpaired) electrons. The van der Waals surface area contributed by atoms with E-state index < -0.39 is 5.97 Å². The quantitative estimate of drug-likeness (QED) is 0.853. The van der Waals surface area contributed by atoms with Gasteiger partial charge in [-0.05, 0) is 49.2 Å². The second-order valence-electron chi connectivity index (χ2n) is 5.41. The van der Waals surface area contributed by atoms with Gasteiger partial charge in [0.05, 0.1) is 5.92 Å². The SMILES string of the molecule is O=C(O)[C@@H]1CCCN(c2ccc(Sc3ccc(Br)cc3)nn2)C1. The van der Waals surface area contributed by atoms with Crippen molar-refractivity contribution in [1.29, 1.82) is 0 Å². The molecule has 0 spiro atoms. The van der Waals surface area contributed by atoms with Gasteiger partial charge in [-0.2, -0.15) is 0 Å². The molecule has 1 N–H and O–H groups in total. The highest BCUT2D eigenvalue weighted by Crippen LogP contribution is 2.28. The van der Waals surface area contributed by atoms with Crippen LogP contribution in [0.15, 0.2) is 50.8 Å². The van der Waals surface area contributed by atoms with Crippen LogP contribution in [0.1, 0.15) is 12.8 Å². The van der Waals surface area contributed by atoms with Gasteiger partial charge in [-0.25, -0.2) is 0 Å². The molecule has 1 aromatic heterocycles. The molecule has 1 atom stereocenters. The summed E-state index contributed by atoms with van der Waals surface area (Å²) >= 11 is 4.96. The normalized spacial score (nSPS) is 18.0. The van der Waals surface area contributed by atoms with Gasteiger partial charge in [0.1, 0.15) is 5.03 Å². The molecule has 0 bridgehead atoms. The van der Waals surface area contributed by atoms with Crippen LogP contribution >= 0.6 is 27.7 Å². The molecule has 120 valence electrons. The van der Waals surface area contributed by atoms with E-state index in [4.69, 9.17) is 5.11 Å². The number of benzene rings is 1. The van der Waals surface area contributed by atoms with Crippen molar-refractivity contribution in [3.8, 4) is 0 Å². The minimum absolute atomic E-state index is 0.317. The number of carbonyl (C=O) groups is 1. The number of aliphatic carboxylic acids is 1. The molecule has 0 saturated carbocycles. The van der Waals surface area contributed by atoms with Crippen LogP contribution in [0.2, 0.25) is 0 Å². The highest BCUT2D eigenvalue weighted by Gasteiger charge is 2.26. The molecule has 23 heavy (non-hydrogen) atoms. The predicted octanol–water partition coefficient (Wildman–Crippen LogP) is 3.69. The topological polar surface area (TPSA) is 66.3 Å². The first-order valence-corrected chi connectivity index (χ1v) is 8.97. The van der Waals surface area contributed by atoms with Gasteiger partial charge in [-0.15, -0.1) is 10.2 Å². The summed E-state index contributed by atoms with van der Waals surface area (Å²) < 4.78 is 1.04. The molecule has 0 amide bonds. The summed E-state index contributed by atoms with van der Waals surface area (Å²) in [5.74, 6) is -0.302. The Balaban J connectivity index is 1.67. The minimum atomic E-state index is -0.731. The van der Waals surface area contributed by atoms with Gasteiger partial charge in [0, 0.05) is 22.5 Å². The van der Waals surface area contributed by atoms with E-state index in [1.54, 1.807) is 11.8 Å². The number of carboxylic acid groups (broad SMARTS) is 1. The molecule has 1 aliphatic heterocycles. The van der Waals surface area contributed by atoms with Crippen LogP contribution in [0.5, 0.6) is 0 Å². The number of aromatic nitrogens is 2. The smallest absolute Gasteiger partial charge is 0.308 e. The van der Waals surface area contributed by atoms with Crippen LogP contribution in [0.4, 0.5) is 5.82 Å². The third kappa shape index (κ3) is 4.23. The number of rotatable bonds is 4. The second kappa shape index (κ2) is 7.31. The number of piperidine rings is 1. The number of anilines is 1. The van der Waals surface area contributed by atoms with Crippen LogP contribution in [-0.2, 0) is 4.79 Å². The van der Waals surface area contributed by atoms with Gasteiger partial charge < -0.3 is 10.0 Å². The molecular weight excluding hydrogens is 378 g/mol. The van der Waals surface area contributed by atoms with E-state index >= 15 is 0 Å². The molecule has 5 nitrogen and oxygen atoms in total. The van der Waals surface area contributed by atoms with Crippen molar-refractivity contribution in [3.05, 3.63) is 40.9 Å². The standard InChI is InChI=1S/C16H16BrN3O2S/c17-12-3-5-13(6-4-12)23-15-8-7-14(18-19-15)20-9-1-2-11(10-20)16(21)22/h3-8,11H,1-2,9-10H2,(H,21,22)/t11-/m1/s1. The fourth-order valence-corrected chi connectivity index (χ4v) is 3.54. The third-order valence-electron chi connectivity index (χ3n) is 3.76. The van der Waals surface area contributed by atoms with Gasteiger partial charge in [-0.3, -0.25) is 4.79 Å². The van der Waals surface area contributed by atoms with E-state index in [0.717, 1.165) is 39.6 Å². The molecule has 1 aromatic carbocycles. The maximum atomic E-state index is 11.1. The molecule has 3 rings (SSSR count). The highest BCUT2D eigenvalue weighted by molar-refractivity contribution is 9.10. The molecule has 2 heterocycles. The van der Waals surface area contributed by atoms with E-state index in [1.165, 1.54) is 0 Å². The van der Waals surface area contributed by atoms with Gasteiger partial charge in [0.25, 0.3) is 0 Å². The molecule has 2 aromatic rings. The van der Waals surface area contributed by atoms with Crippen molar-refractivity contribution in [3.63, 3.8) is 0 Å². The monoisotopic (exact) mass is 393 g/mol. The van der Waals surface area contributed by atoms with Crippen LogP contribution in [-0.4, -0.2) is 34.4 Å². The van der Waals surface area contributed by atoms with E-state index in [-0.39, 0.29) is 5.92 Å². The van der Waals surface area contributed by atoms with Crippen molar-refractivity contribution < 1.29 is 9.90 Å². The van der Waals surface area contributed by atoms with Crippen molar-refractivity contribution in [1.82, 2.24) is 10.2 Å². The Morgan fingerprint density at radius 2 is 2.00 bits per heavy atom. The molecule has 1 saturated heterocycles. The van der Waals surface area contributed by atoms with Crippen LogP contribution in [0.3, 0.4) is 0 Å². The summed E-state index contributed by atoms with van der Waals surface area (Å²) in [5.41, 5.74) is 0. The minimum Gasteiger partial charge on any atom is -0.481 e. The van der Waals surface area contributed by atoms with E-state index in [9.17, 15) is 4.79 Å². The molecule has 0 unspecified atom stereocenters. The van der Waals surface area contributed by atoms with Crippen molar-refractivity contribution >= 4 is 39.5 Å². The Hall–Kier alpha value is -1.60. The average molecular weight is 394 g/mol. The van der Waals surface area contributed by atoms with Crippen LogP contribution < -0.4 is 4.90 Å². The van der Waals surface area contributed by atoms with Gasteiger partial charge in [-0.1, -0.05) is 27.7 Å². The lowest BCUT2D eigenvalue weighted by atomic mass is 9.98. The van der Waals surface area contributed by atoms with E-state index in [2.05, 4.69) is 26.1 Å². The lowest BCUT2D eigenvalue weighted by Gasteiger charge is -2.31. The van der Waals surface area contributed by atoms with Gasteiger partial charge in [0.15, 0.2) is 5.82 Å². The Labute approximate surface area is 147 Å². The van der Waals surface area contributed by atoms with Gasteiger partial charge in [0.2, 0.25) is 0 Å². The van der Waals surface area contributed by atoms with Crippen molar-refractivity contribution in [2.24, 2.45) is 5.92 Å². The van der Waals surface area contributed by atoms with Gasteiger partial charge >= 0.3 is 5.97 Å². The van der Waals surface area contributed by atoms with Crippen LogP contribution in [0, 0.1) is 5.92 Å². The predicted molar refractivity (Wildman–Crippen MR) is 92.9 cm³/mol.